The lowest BCUT2D eigenvalue weighted by Crippen LogP contribution is -2.36. The van der Waals surface area contributed by atoms with Gasteiger partial charge in [0, 0.05) is 6.54 Å². The summed E-state index contributed by atoms with van der Waals surface area (Å²) in [7, 11) is 0. The number of amides is 2. The van der Waals surface area contributed by atoms with E-state index in [1.807, 2.05) is 6.92 Å². The highest BCUT2D eigenvalue weighted by atomic mass is 16.6. The van der Waals surface area contributed by atoms with E-state index in [0.717, 1.165) is 10.5 Å². The summed E-state index contributed by atoms with van der Waals surface area (Å²) in [6.45, 7) is 11.1. The molecule has 0 saturated carbocycles. The molecule has 0 rings (SSSR count). The fraction of sp³-hybridized carbons (Fsp3) is 0.636. The van der Waals surface area contributed by atoms with Crippen molar-refractivity contribution < 1.29 is 14.3 Å². The van der Waals surface area contributed by atoms with Crippen molar-refractivity contribution in [3.8, 4) is 0 Å². The lowest BCUT2D eigenvalue weighted by Gasteiger charge is -2.23. The molecule has 4 heteroatoms. The van der Waals surface area contributed by atoms with Gasteiger partial charge in [-0.15, -0.1) is 6.58 Å². The summed E-state index contributed by atoms with van der Waals surface area (Å²) in [5, 5.41) is 0. The van der Waals surface area contributed by atoms with E-state index >= 15 is 0 Å². The number of hydrogen-bond acceptors (Lipinski definition) is 3. The molecule has 15 heavy (non-hydrogen) atoms. The first kappa shape index (κ1) is 13.7. The molecule has 0 atom stereocenters. The highest BCUT2D eigenvalue weighted by molar-refractivity contribution is 5.80. The van der Waals surface area contributed by atoms with Gasteiger partial charge in [0.2, 0.25) is 6.41 Å². The highest BCUT2D eigenvalue weighted by Crippen LogP contribution is 2.09. The average Bonchev–Trinajstić information content (AvgIpc) is 2.01. The summed E-state index contributed by atoms with van der Waals surface area (Å²) >= 11 is 0. The molecule has 0 heterocycles. The Morgan fingerprint density at radius 2 is 2.00 bits per heavy atom. The third-order valence-electron chi connectivity index (χ3n) is 1.53. The van der Waals surface area contributed by atoms with Crippen LogP contribution in [0.25, 0.3) is 0 Å². The van der Waals surface area contributed by atoms with Gasteiger partial charge in [-0.1, -0.05) is 5.57 Å². The molecule has 0 aliphatic heterocycles. The number of carbonyl (C=O) groups excluding carboxylic acids is 2. The van der Waals surface area contributed by atoms with Crippen LogP contribution in [0.5, 0.6) is 0 Å². The molecule has 0 bridgehead atoms. The van der Waals surface area contributed by atoms with Crippen LogP contribution in [0.3, 0.4) is 0 Å². The quantitative estimate of drug-likeness (QED) is 0.532. The minimum Gasteiger partial charge on any atom is -0.443 e. The van der Waals surface area contributed by atoms with Gasteiger partial charge in [-0.3, -0.25) is 4.79 Å². The van der Waals surface area contributed by atoms with Crippen LogP contribution in [0.4, 0.5) is 4.79 Å². The molecule has 0 aliphatic rings. The second-order valence-electron chi connectivity index (χ2n) is 4.49. The van der Waals surface area contributed by atoms with Crippen LogP contribution >= 0.6 is 0 Å². The zero-order valence-corrected chi connectivity index (χ0v) is 9.87. The molecule has 0 saturated heterocycles. The molecule has 0 aromatic rings. The number of rotatable bonds is 4. The van der Waals surface area contributed by atoms with Crippen LogP contribution in [-0.4, -0.2) is 29.5 Å². The lowest BCUT2D eigenvalue weighted by molar-refractivity contribution is -0.117. The van der Waals surface area contributed by atoms with Gasteiger partial charge in [0.25, 0.3) is 0 Å². The van der Waals surface area contributed by atoms with Crippen LogP contribution in [0.1, 0.15) is 34.1 Å². The van der Waals surface area contributed by atoms with Crippen LogP contribution < -0.4 is 0 Å². The van der Waals surface area contributed by atoms with E-state index in [4.69, 9.17) is 4.74 Å². The predicted molar refractivity (Wildman–Crippen MR) is 58.4 cm³/mol. The fourth-order valence-corrected chi connectivity index (χ4v) is 0.819. The third kappa shape index (κ3) is 6.71. The molecular formula is C11H19NO3. The van der Waals surface area contributed by atoms with Crippen molar-refractivity contribution in [1.29, 1.82) is 0 Å². The minimum absolute atomic E-state index is 0.313. The van der Waals surface area contributed by atoms with Gasteiger partial charge < -0.3 is 4.74 Å². The standard InChI is InChI=1S/C11H19NO3/c1-9(2)6-7-12(8-13)10(14)15-11(3,4)5/h8H,1,6-7H2,2-5H3. The zero-order chi connectivity index (χ0) is 12.1. The summed E-state index contributed by atoms with van der Waals surface area (Å²) in [6, 6.07) is 0. The maximum Gasteiger partial charge on any atom is 0.416 e. The minimum atomic E-state index is -0.612. The number of ether oxygens (including phenoxy) is 1. The van der Waals surface area contributed by atoms with Gasteiger partial charge >= 0.3 is 6.09 Å². The van der Waals surface area contributed by atoms with Crippen molar-refractivity contribution in [3.05, 3.63) is 12.2 Å². The second-order valence-corrected chi connectivity index (χ2v) is 4.49. The van der Waals surface area contributed by atoms with Crippen molar-refractivity contribution in [2.75, 3.05) is 6.54 Å². The Hall–Kier alpha value is -1.32. The van der Waals surface area contributed by atoms with Crippen molar-refractivity contribution in [3.63, 3.8) is 0 Å². The summed E-state index contributed by atoms with van der Waals surface area (Å²) < 4.78 is 5.05. The summed E-state index contributed by atoms with van der Waals surface area (Å²) in [5.74, 6) is 0. The molecule has 0 aliphatic carbocycles. The van der Waals surface area contributed by atoms with Crippen molar-refractivity contribution >= 4 is 12.5 Å². The number of hydrogen-bond donors (Lipinski definition) is 0. The van der Waals surface area contributed by atoms with Gasteiger partial charge in [0.15, 0.2) is 0 Å². The van der Waals surface area contributed by atoms with Gasteiger partial charge in [-0.05, 0) is 34.1 Å². The number of nitrogens with zero attached hydrogens (tertiary/aromatic N) is 1. The largest absolute Gasteiger partial charge is 0.443 e. The van der Waals surface area contributed by atoms with Gasteiger partial charge in [0.05, 0.1) is 0 Å². The molecular weight excluding hydrogens is 194 g/mol. The van der Waals surface area contributed by atoms with E-state index in [0.29, 0.717) is 19.4 Å². The van der Waals surface area contributed by atoms with Crippen LogP contribution in [0.15, 0.2) is 12.2 Å². The molecule has 86 valence electrons. The van der Waals surface area contributed by atoms with E-state index < -0.39 is 11.7 Å². The molecule has 0 spiro atoms. The van der Waals surface area contributed by atoms with Crippen LogP contribution in [0, 0.1) is 0 Å². The molecule has 0 unspecified atom stereocenters. The first-order chi connectivity index (χ1) is 6.76. The Balaban J connectivity index is 4.23. The van der Waals surface area contributed by atoms with Gasteiger partial charge in [0.1, 0.15) is 5.60 Å². The van der Waals surface area contributed by atoms with Crippen LogP contribution in [-0.2, 0) is 9.53 Å². The number of carbonyl (C=O) groups is 2. The van der Waals surface area contributed by atoms with E-state index in [2.05, 4.69) is 6.58 Å². The van der Waals surface area contributed by atoms with E-state index in [1.165, 1.54) is 0 Å². The Bertz CT molecular complexity index is 253. The molecule has 4 nitrogen and oxygen atoms in total. The summed E-state index contributed by atoms with van der Waals surface area (Å²) in [6.07, 6.45) is 0.466. The molecule has 0 radical (unpaired) electrons. The third-order valence-corrected chi connectivity index (χ3v) is 1.53. The maximum atomic E-state index is 11.4. The fourth-order valence-electron chi connectivity index (χ4n) is 0.819. The Kier molecular flexibility index (Phi) is 5.05. The number of imide groups is 1. The second kappa shape index (κ2) is 5.53. The van der Waals surface area contributed by atoms with Gasteiger partial charge in [-0.2, -0.15) is 0 Å². The average molecular weight is 213 g/mol. The molecule has 2 amide bonds. The lowest BCUT2D eigenvalue weighted by atomic mass is 10.2. The molecule has 0 aromatic heterocycles. The smallest absolute Gasteiger partial charge is 0.416 e. The molecule has 0 aromatic carbocycles. The van der Waals surface area contributed by atoms with Crippen molar-refractivity contribution in [2.24, 2.45) is 0 Å². The molecule has 0 fully saturated rings. The van der Waals surface area contributed by atoms with Gasteiger partial charge in [-0.25, -0.2) is 9.69 Å². The zero-order valence-electron chi connectivity index (χ0n) is 9.87. The van der Waals surface area contributed by atoms with Crippen molar-refractivity contribution in [1.82, 2.24) is 4.90 Å². The Morgan fingerprint density at radius 1 is 1.47 bits per heavy atom. The first-order valence-electron chi connectivity index (χ1n) is 4.85. The normalized spacial score (nSPS) is 10.7. The highest BCUT2D eigenvalue weighted by Gasteiger charge is 2.21. The van der Waals surface area contributed by atoms with Crippen LogP contribution in [0.2, 0.25) is 0 Å². The van der Waals surface area contributed by atoms with E-state index in [9.17, 15) is 9.59 Å². The van der Waals surface area contributed by atoms with Crippen molar-refractivity contribution in [2.45, 2.75) is 39.7 Å². The Labute approximate surface area is 90.9 Å². The van der Waals surface area contributed by atoms with E-state index in [1.54, 1.807) is 20.8 Å². The summed E-state index contributed by atoms with van der Waals surface area (Å²) in [4.78, 5) is 23.1. The Morgan fingerprint density at radius 3 is 2.33 bits per heavy atom. The topological polar surface area (TPSA) is 46.6 Å². The summed E-state index contributed by atoms with van der Waals surface area (Å²) in [5.41, 5.74) is 0.340. The SMILES string of the molecule is C=C(C)CCN(C=O)C(=O)OC(C)(C)C. The molecule has 0 N–H and O–H groups in total. The monoisotopic (exact) mass is 213 g/mol. The van der Waals surface area contributed by atoms with E-state index in [-0.39, 0.29) is 0 Å². The maximum absolute atomic E-state index is 11.4. The predicted octanol–water partition coefficient (Wildman–Crippen LogP) is 2.35. The first-order valence-corrected chi connectivity index (χ1v) is 4.85.